The molecule has 0 atom stereocenters. The van der Waals surface area contributed by atoms with Crippen molar-refractivity contribution in [2.45, 2.75) is 13.8 Å². The first-order valence-corrected chi connectivity index (χ1v) is 8.90. The maximum Gasteiger partial charge on any atom is 0.344 e. The second kappa shape index (κ2) is 9.29. The van der Waals surface area contributed by atoms with Gasteiger partial charge >= 0.3 is 11.9 Å². The van der Waals surface area contributed by atoms with Gasteiger partial charge in [0.05, 0.1) is 13.2 Å². The first kappa shape index (κ1) is 19.1. The highest BCUT2D eigenvalue weighted by atomic mass is 35.5. The smallest absolute Gasteiger partial charge is 0.344 e. The normalized spacial score (nSPS) is 10.2. The SMILES string of the molecule is CCOC(=O)COc1ccc(-c2csc(NCl)c2C(=O)OCC)cc1. The van der Waals surface area contributed by atoms with Crippen molar-refractivity contribution in [2.24, 2.45) is 0 Å². The molecule has 1 N–H and O–H groups in total. The fraction of sp³-hybridized carbons (Fsp3) is 0.294. The highest BCUT2D eigenvalue weighted by molar-refractivity contribution is 7.15. The van der Waals surface area contributed by atoms with Crippen LogP contribution in [0.5, 0.6) is 5.75 Å². The van der Waals surface area contributed by atoms with Crippen LogP contribution in [0, 0.1) is 0 Å². The number of ether oxygens (including phenoxy) is 3. The van der Waals surface area contributed by atoms with E-state index in [4.69, 9.17) is 26.0 Å². The molecule has 0 fully saturated rings. The lowest BCUT2D eigenvalue weighted by atomic mass is 10.0. The monoisotopic (exact) mass is 383 g/mol. The van der Waals surface area contributed by atoms with Gasteiger partial charge in [-0.3, -0.25) is 4.84 Å². The van der Waals surface area contributed by atoms with Gasteiger partial charge in [-0.1, -0.05) is 12.1 Å². The van der Waals surface area contributed by atoms with E-state index < -0.39 is 11.9 Å². The molecule has 2 aromatic rings. The number of anilines is 1. The third kappa shape index (κ3) is 4.87. The molecule has 134 valence electrons. The zero-order valence-corrected chi connectivity index (χ0v) is 15.4. The standard InChI is InChI=1S/C17H18ClNO5S/c1-3-22-14(20)9-24-12-7-5-11(6-8-12)13-10-25-16(19-18)15(13)17(21)23-4-2/h5-8,10,19H,3-4,9H2,1-2H3. The Labute approximate surface area is 154 Å². The molecular formula is C17H18ClNO5S. The number of carbonyl (C=O) groups excluding carboxylic acids is 2. The highest BCUT2D eigenvalue weighted by Gasteiger charge is 2.21. The van der Waals surface area contributed by atoms with Gasteiger partial charge in [0.2, 0.25) is 0 Å². The molecule has 1 heterocycles. The first-order valence-electron chi connectivity index (χ1n) is 7.64. The van der Waals surface area contributed by atoms with Crippen LogP contribution in [-0.4, -0.2) is 31.8 Å². The third-order valence-electron chi connectivity index (χ3n) is 3.18. The van der Waals surface area contributed by atoms with Crippen LogP contribution in [0.3, 0.4) is 0 Å². The van der Waals surface area contributed by atoms with Crippen LogP contribution in [0.25, 0.3) is 11.1 Å². The van der Waals surface area contributed by atoms with E-state index in [0.717, 1.165) is 5.56 Å². The lowest BCUT2D eigenvalue weighted by Gasteiger charge is -2.08. The Balaban J connectivity index is 2.18. The molecule has 0 bridgehead atoms. The minimum absolute atomic E-state index is 0.153. The number of benzene rings is 1. The van der Waals surface area contributed by atoms with Crippen molar-refractivity contribution >= 4 is 40.1 Å². The number of carbonyl (C=O) groups is 2. The Morgan fingerprint density at radius 1 is 1.12 bits per heavy atom. The number of hydrogen-bond acceptors (Lipinski definition) is 7. The molecule has 0 saturated carbocycles. The Morgan fingerprint density at radius 3 is 2.40 bits per heavy atom. The van der Waals surface area contributed by atoms with Gasteiger partial charge in [0.1, 0.15) is 16.3 Å². The molecule has 0 unspecified atom stereocenters. The summed E-state index contributed by atoms with van der Waals surface area (Å²) in [7, 11) is 0. The second-order valence-electron chi connectivity index (χ2n) is 4.79. The van der Waals surface area contributed by atoms with Crippen molar-refractivity contribution in [1.29, 1.82) is 0 Å². The Bertz CT molecular complexity index is 729. The first-order chi connectivity index (χ1) is 12.1. The van der Waals surface area contributed by atoms with E-state index in [1.54, 1.807) is 38.1 Å². The van der Waals surface area contributed by atoms with E-state index in [1.807, 2.05) is 5.38 Å². The van der Waals surface area contributed by atoms with E-state index in [2.05, 4.69) is 4.84 Å². The topological polar surface area (TPSA) is 73.9 Å². The summed E-state index contributed by atoms with van der Waals surface area (Å²) in [5, 5.41) is 2.35. The molecule has 25 heavy (non-hydrogen) atoms. The molecule has 0 aliphatic heterocycles. The van der Waals surface area contributed by atoms with Crippen molar-refractivity contribution in [3.05, 3.63) is 35.2 Å². The summed E-state index contributed by atoms with van der Waals surface area (Å²) in [4.78, 5) is 26.0. The fourth-order valence-electron chi connectivity index (χ4n) is 2.12. The van der Waals surface area contributed by atoms with E-state index in [0.29, 0.717) is 28.5 Å². The quantitative estimate of drug-likeness (QED) is 0.546. The summed E-state index contributed by atoms with van der Waals surface area (Å²) in [6, 6.07) is 7.02. The van der Waals surface area contributed by atoms with Gasteiger partial charge in [0, 0.05) is 22.7 Å². The average Bonchev–Trinajstić information content (AvgIpc) is 3.05. The molecule has 0 amide bonds. The van der Waals surface area contributed by atoms with Crippen molar-refractivity contribution in [2.75, 3.05) is 24.7 Å². The highest BCUT2D eigenvalue weighted by Crippen LogP contribution is 2.37. The van der Waals surface area contributed by atoms with Gasteiger partial charge in [-0.15, -0.1) is 11.3 Å². The predicted molar refractivity (Wildman–Crippen MR) is 97.3 cm³/mol. The van der Waals surface area contributed by atoms with Crippen LogP contribution in [0.2, 0.25) is 0 Å². The number of hydrogen-bond donors (Lipinski definition) is 1. The van der Waals surface area contributed by atoms with Crippen LogP contribution in [0.1, 0.15) is 24.2 Å². The number of rotatable bonds is 8. The lowest BCUT2D eigenvalue weighted by molar-refractivity contribution is -0.145. The van der Waals surface area contributed by atoms with Crippen molar-refractivity contribution in [3.8, 4) is 16.9 Å². The van der Waals surface area contributed by atoms with Crippen LogP contribution in [-0.2, 0) is 14.3 Å². The number of thiophene rings is 1. The summed E-state index contributed by atoms with van der Waals surface area (Å²) < 4.78 is 15.3. The van der Waals surface area contributed by atoms with E-state index >= 15 is 0 Å². The summed E-state index contributed by atoms with van der Waals surface area (Å²) >= 11 is 7.00. The molecule has 0 radical (unpaired) electrons. The van der Waals surface area contributed by atoms with Gasteiger partial charge in [0.15, 0.2) is 6.61 Å². The van der Waals surface area contributed by atoms with Gasteiger partial charge in [-0.25, -0.2) is 9.59 Å². The van der Waals surface area contributed by atoms with Crippen molar-refractivity contribution < 1.29 is 23.8 Å². The molecule has 0 aliphatic carbocycles. The Hall–Kier alpha value is -2.25. The summed E-state index contributed by atoms with van der Waals surface area (Å²) in [5.74, 6) is -0.336. The fourth-order valence-corrected chi connectivity index (χ4v) is 3.19. The van der Waals surface area contributed by atoms with Gasteiger partial charge in [-0.2, -0.15) is 0 Å². The van der Waals surface area contributed by atoms with Gasteiger partial charge in [0.25, 0.3) is 0 Å². The molecule has 2 rings (SSSR count). The number of halogens is 1. The van der Waals surface area contributed by atoms with E-state index in [1.165, 1.54) is 11.3 Å². The molecule has 1 aromatic heterocycles. The van der Waals surface area contributed by atoms with Gasteiger partial charge in [-0.05, 0) is 31.5 Å². The number of nitrogens with one attached hydrogen (secondary N) is 1. The summed E-state index contributed by atoms with van der Waals surface area (Å²) in [6.07, 6.45) is 0. The zero-order chi connectivity index (χ0) is 18.2. The Morgan fingerprint density at radius 2 is 1.80 bits per heavy atom. The molecule has 0 aliphatic rings. The molecule has 8 heteroatoms. The van der Waals surface area contributed by atoms with E-state index in [-0.39, 0.29) is 13.2 Å². The third-order valence-corrected chi connectivity index (χ3v) is 4.38. The average molecular weight is 384 g/mol. The van der Waals surface area contributed by atoms with Crippen LogP contribution in [0.4, 0.5) is 5.00 Å². The van der Waals surface area contributed by atoms with Crippen LogP contribution >= 0.6 is 23.1 Å². The minimum atomic E-state index is -0.440. The number of esters is 2. The molecule has 0 spiro atoms. The largest absolute Gasteiger partial charge is 0.482 e. The van der Waals surface area contributed by atoms with Crippen LogP contribution in [0.15, 0.2) is 29.6 Å². The maximum absolute atomic E-state index is 12.2. The molecule has 0 saturated heterocycles. The zero-order valence-electron chi connectivity index (χ0n) is 13.8. The summed E-state index contributed by atoms with van der Waals surface area (Å²) in [5.41, 5.74) is 1.91. The predicted octanol–water partition coefficient (Wildman–Crippen LogP) is 4.10. The second-order valence-corrected chi connectivity index (χ2v) is 5.86. The summed E-state index contributed by atoms with van der Waals surface area (Å²) in [6.45, 7) is 3.91. The minimum Gasteiger partial charge on any atom is -0.482 e. The maximum atomic E-state index is 12.2. The van der Waals surface area contributed by atoms with Crippen molar-refractivity contribution in [1.82, 2.24) is 0 Å². The Kier molecular flexibility index (Phi) is 7.09. The lowest BCUT2D eigenvalue weighted by Crippen LogP contribution is -2.14. The van der Waals surface area contributed by atoms with E-state index in [9.17, 15) is 9.59 Å². The van der Waals surface area contributed by atoms with Crippen LogP contribution < -0.4 is 9.57 Å². The molecule has 6 nitrogen and oxygen atoms in total. The molecular weight excluding hydrogens is 366 g/mol. The van der Waals surface area contributed by atoms with Crippen molar-refractivity contribution in [3.63, 3.8) is 0 Å². The van der Waals surface area contributed by atoms with Gasteiger partial charge < -0.3 is 14.2 Å². The molecule has 1 aromatic carbocycles.